The van der Waals surface area contributed by atoms with E-state index in [1.165, 1.54) is 5.30 Å². The van der Waals surface area contributed by atoms with E-state index in [2.05, 4.69) is 50.3 Å². The standard InChI is InChI=1S/C9H15P.Pt/c1-10(2,3)9-7-5-4-6-8-9;/h4-8,10H,1-3H3;. The topological polar surface area (TPSA) is 0 Å². The van der Waals surface area contributed by atoms with Crippen molar-refractivity contribution in [1.29, 1.82) is 0 Å². The van der Waals surface area contributed by atoms with Gasteiger partial charge in [0.1, 0.15) is 0 Å². The fourth-order valence-corrected chi connectivity index (χ4v) is 2.13. The van der Waals surface area contributed by atoms with Gasteiger partial charge in [-0.25, -0.2) is 0 Å². The number of benzene rings is 1. The van der Waals surface area contributed by atoms with Gasteiger partial charge in [-0.3, -0.25) is 0 Å². The van der Waals surface area contributed by atoms with Crippen molar-refractivity contribution in [3.63, 3.8) is 0 Å². The van der Waals surface area contributed by atoms with Crippen LogP contribution in [0.2, 0.25) is 0 Å². The van der Waals surface area contributed by atoms with Gasteiger partial charge in [0, 0.05) is 21.1 Å². The van der Waals surface area contributed by atoms with E-state index in [1.54, 1.807) is 0 Å². The van der Waals surface area contributed by atoms with Crippen molar-refractivity contribution in [2.75, 3.05) is 20.0 Å². The molecular weight excluding hydrogens is 334 g/mol. The van der Waals surface area contributed by atoms with Gasteiger partial charge in [-0.05, 0) is 0 Å². The molecule has 11 heavy (non-hydrogen) atoms. The van der Waals surface area contributed by atoms with Crippen molar-refractivity contribution < 1.29 is 21.1 Å². The van der Waals surface area contributed by atoms with Crippen LogP contribution in [0, 0.1) is 0 Å². The van der Waals surface area contributed by atoms with Crippen molar-refractivity contribution in [1.82, 2.24) is 0 Å². The molecule has 66 valence electrons. The Balaban J connectivity index is 0.000001000. The molecule has 0 aliphatic rings. The van der Waals surface area contributed by atoms with Crippen LogP contribution in [0.4, 0.5) is 0 Å². The second kappa shape index (κ2) is 4.39. The predicted octanol–water partition coefficient (Wildman–Crippen LogP) is 1.95. The molecule has 0 heterocycles. The second-order valence-corrected chi connectivity index (χ2v) is 8.69. The molecule has 0 bridgehead atoms. The Kier molecular flexibility index (Phi) is 4.52. The van der Waals surface area contributed by atoms with Crippen LogP contribution >= 0.6 is 7.26 Å². The summed E-state index contributed by atoms with van der Waals surface area (Å²) in [5.41, 5.74) is 0. The minimum atomic E-state index is -1.03. The van der Waals surface area contributed by atoms with Crippen LogP contribution in [-0.4, -0.2) is 20.0 Å². The first-order valence-corrected chi connectivity index (χ1v) is 7.16. The van der Waals surface area contributed by atoms with Crippen LogP contribution in [0.1, 0.15) is 0 Å². The fraction of sp³-hybridized carbons (Fsp3) is 0.333. The maximum absolute atomic E-state index is 2.36. The summed E-state index contributed by atoms with van der Waals surface area (Å²) in [6.45, 7) is 7.09. The average Bonchev–Trinajstić information content (AvgIpc) is 1.88. The van der Waals surface area contributed by atoms with Gasteiger partial charge < -0.3 is 0 Å². The summed E-state index contributed by atoms with van der Waals surface area (Å²) >= 11 is 0. The Bertz CT molecular complexity index is 201. The van der Waals surface area contributed by atoms with Gasteiger partial charge in [0.25, 0.3) is 0 Å². The molecule has 0 aromatic heterocycles. The van der Waals surface area contributed by atoms with Crippen LogP contribution in [0.25, 0.3) is 0 Å². The normalized spacial score (nSPS) is 11.9. The van der Waals surface area contributed by atoms with Gasteiger partial charge >= 0.3 is 62.9 Å². The maximum atomic E-state index is 2.36. The summed E-state index contributed by atoms with van der Waals surface area (Å²) in [7, 11) is -1.03. The Morgan fingerprint density at radius 2 is 1.36 bits per heavy atom. The molecule has 0 aliphatic heterocycles. The molecule has 1 aromatic rings. The first-order chi connectivity index (χ1) is 4.61. The molecule has 1 aromatic carbocycles. The van der Waals surface area contributed by atoms with E-state index in [-0.39, 0.29) is 21.1 Å². The first kappa shape index (κ1) is 11.3. The van der Waals surface area contributed by atoms with Crippen LogP contribution in [-0.2, 0) is 21.1 Å². The fourth-order valence-electron chi connectivity index (χ4n) is 0.938. The van der Waals surface area contributed by atoms with E-state index in [1.807, 2.05) is 0 Å². The maximum Gasteiger partial charge on any atom is 0 e. The van der Waals surface area contributed by atoms with Gasteiger partial charge in [0.05, 0.1) is 0 Å². The quantitative estimate of drug-likeness (QED) is 0.680. The van der Waals surface area contributed by atoms with E-state index >= 15 is 0 Å². The molecule has 0 unspecified atom stereocenters. The van der Waals surface area contributed by atoms with E-state index in [9.17, 15) is 0 Å². The molecule has 0 nitrogen and oxygen atoms in total. The van der Waals surface area contributed by atoms with Gasteiger partial charge in [-0.15, -0.1) is 0 Å². The summed E-state index contributed by atoms with van der Waals surface area (Å²) < 4.78 is 0. The third-order valence-corrected chi connectivity index (χ3v) is 3.71. The number of hydrogen-bond donors (Lipinski definition) is 0. The third-order valence-electron chi connectivity index (χ3n) is 1.64. The molecule has 0 saturated heterocycles. The van der Waals surface area contributed by atoms with Gasteiger partial charge in [-0.1, -0.05) is 0 Å². The molecule has 0 aliphatic carbocycles. The molecule has 0 amide bonds. The summed E-state index contributed by atoms with van der Waals surface area (Å²) in [6, 6.07) is 10.8. The third kappa shape index (κ3) is 3.50. The number of rotatable bonds is 1. The molecule has 0 N–H and O–H groups in total. The minimum absolute atomic E-state index is 0. The summed E-state index contributed by atoms with van der Waals surface area (Å²) in [5, 5.41) is 1.54. The van der Waals surface area contributed by atoms with Crippen molar-refractivity contribution >= 4 is 12.6 Å². The summed E-state index contributed by atoms with van der Waals surface area (Å²) in [6.07, 6.45) is 0. The predicted molar refractivity (Wildman–Crippen MR) is 52.2 cm³/mol. The zero-order valence-corrected chi connectivity index (χ0v) is 10.5. The van der Waals surface area contributed by atoms with Gasteiger partial charge in [-0.2, -0.15) is 0 Å². The molecular formula is C9H15PPt. The van der Waals surface area contributed by atoms with Crippen LogP contribution in [0.5, 0.6) is 0 Å². The van der Waals surface area contributed by atoms with Gasteiger partial charge in [0.2, 0.25) is 0 Å². The molecule has 0 saturated carbocycles. The van der Waals surface area contributed by atoms with Crippen LogP contribution in [0.3, 0.4) is 0 Å². The monoisotopic (exact) mass is 349 g/mol. The molecule has 0 radical (unpaired) electrons. The largest absolute Gasteiger partial charge is 0 e. The van der Waals surface area contributed by atoms with E-state index in [0.717, 1.165) is 0 Å². The molecule has 0 spiro atoms. The Morgan fingerprint density at radius 3 is 1.64 bits per heavy atom. The molecule has 2 heteroatoms. The van der Waals surface area contributed by atoms with Crippen molar-refractivity contribution in [2.45, 2.75) is 0 Å². The first-order valence-electron chi connectivity index (χ1n) is 3.66. The van der Waals surface area contributed by atoms with E-state index in [0.29, 0.717) is 0 Å². The van der Waals surface area contributed by atoms with Gasteiger partial charge in [0.15, 0.2) is 0 Å². The Morgan fingerprint density at radius 1 is 0.909 bits per heavy atom. The number of hydrogen-bond acceptors (Lipinski definition) is 0. The van der Waals surface area contributed by atoms with Crippen LogP contribution in [0.15, 0.2) is 30.3 Å². The summed E-state index contributed by atoms with van der Waals surface area (Å²) in [4.78, 5) is 0. The summed E-state index contributed by atoms with van der Waals surface area (Å²) in [5.74, 6) is 0. The molecule has 0 fully saturated rings. The average molecular weight is 349 g/mol. The molecule has 1 rings (SSSR count). The second-order valence-electron chi connectivity index (χ2n) is 3.62. The van der Waals surface area contributed by atoms with Crippen molar-refractivity contribution in [2.24, 2.45) is 0 Å². The van der Waals surface area contributed by atoms with Crippen molar-refractivity contribution in [3.05, 3.63) is 30.3 Å². The van der Waals surface area contributed by atoms with Crippen molar-refractivity contribution in [3.8, 4) is 0 Å². The van der Waals surface area contributed by atoms with E-state index < -0.39 is 7.26 Å². The Labute approximate surface area is 84.0 Å². The SMILES string of the molecule is C[PH](C)(C)c1ccccc1.[Pt]. The zero-order valence-electron chi connectivity index (χ0n) is 7.20. The zero-order chi connectivity index (χ0) is 7.61. The minimum Gasteiger partial charge on any atom is 0 e. The van der Waals surface area contributed by atoms with E-state index in [4.69, 9.17) is 0 Å². The molecule has 0 atom stereocenters. The van der Waals surface area contributed by atoms with Crippen LogP contribution < -0.4 is 5.30 Å². The smallest absolute Gasteiger partial charge is 0 e. The Hall–Kier alpha value is 0.338.